The molecule has 30 heavy (non-hydrogen) atoms. The van der Waals surface area contributed by atoms with Gasteiger partial charge in [-0.1, -0.05) is 41.4 Å². The number of halogens is 1. The molecule has 0 N–H and O–H groups in total. The van der Waals surface area contributed by atoms with E-state index in [0.717, 1.165) is 29.7 Å². The molecular weight excluding hydrogens is 400 g/mol. The fraction of sp³-hybridized carbons (Fsp3) is 0.333. The topological polar surface area (TPSA) is 53.8 Å². The molecule has 0 spiro atoms. The van der Waals surface area contributed by atoms with Gasteiger partial charge in [0, 0.05) is 11.6 Å². The molecule has 6 heteroatoms. The summed E-state index contributed by atoms with van der Waals surface area (Å²) in [5, 5.41) is 0.915. The maximum absolute atomic E-state index is 13.5. The van der Waals surface area contributed by atoms with E-state index in [4.69, 9.17) is 16.0 Å². The van der Waals surface area contributed by atoms with E-state index in [-0.39, 0.29) is 17.1 Å². The second-order valence-corrected chi connectivity index (χ2v) is 8.65. The highest BCUT2D eigenvalue weighted by Gasteiger charge is 2.42. The van der Waals surface area contributed by atoms with Crippen LogP contribution >= 0.6 is 11.6 Å². The van der Waals surface area contributed by atoms with Crippen LogP contribution in [0.15, 0.2) is 45.6 Å². The molecule has 1 aliphatic rings. The lowest BCUT2D eigenvalue weighted by Gasteiger charge is -2.25. The quantitative estimate of drug-likeness (QED) is 0.602. The van der Waals surface area contributed by atoms with Gasteiger partial charge in [-0.2, -0.15) is 0 Å². The molecule has 1 atom stereocenters. The first kappa shape index (κ1) is 20.6. The molecule has 2 aromatic carbocycles. The predicted octanol–water partition coefficient (Wildman–Crippen LogP) is 4.56. The van der Waals surface area contributed by atoms with Crippen molar-refractivity contribution in [1.29, 1.82) is 0 Å². The SMILES string of the molecule is Cc1ccc(C2c3c(oc4cc(C)c(Cl)cc4c3=O)C(=O)N2CCCN(C)C)cc1. The largest absolute Gasteiger partial charge is 0.450 e. The Labute approximate surface area is 180 Å². The summed E-state index contributed by atoms with van der Waals surface area (Å²) in [6.07, 6.45) is 0.799. The summed E-state index contributed by atoms with van der Waals surface area (Å²) in [7, 11) is 4.00. The zero-order valence-electron chi connectivity index (χ0n) is 17.7. The number of aryl methyl sites for hydroxylation is 2. The van der Waals surface area contributed by atoms with Crippen LogP contribution in [0.4, 0.5) is 0 Å². The molecule has 1 aliphatic heterocycles. The van der Waals surface area contributed by atoms with Crippen molar-refractivity contribution in [2.45, 2.75) is 26.3 Å². The van der Waals surface area contributed by atoms with E-state index < -0.39 is 6.04 Å². The van der Waals surface area contributed by atoms with Gasteiger partial charge < -0.3 is 14.2 Å². The monoisotopic (exact) mass is 424 g/mol. The van der Waals surface area contributed by atoms with Crippen LogP contribution in [0.25, 0.3) is 11.0 Å². The molecule has 1 unspecified atom stereocenters. The van der Waals surface area contributed by atoms with Gasteiger partial charge in [-0.15, -0.1) is 0 Å². The summed E-state index contributed by atoms with van der Waals surface area (Å²) in [6.45, 7) is 5.24. The molecule has 0 fully saturated rings. The minimum absolute atomic E-state index is 0.143. The van der Waals surface area contributed by atoms with Crippen LogP contribution in [0.1, 0.15) is 45.3 Å². The minimum atomic E-state index is -0.462. The van der Waals surface area contributed by atoms with Crippen molar-refractivity contribution in [3.63, 3.8) is 0 Å². The van der Waals surface area contributed by atoms with E-state index in [1.807, 2.05) is 52.2 Å². The summed E-state index contributed by atoms with van der Waals surface area (Å²) < 4.78 is 6.01. The smallest absolute Gasteiger partial charge is 0.290 e. The molecular formula is C24H25ClN2O3. The van der Waals surface area contributed by atoms with Gasteiger partial charge in [-0.3, -0.25) is 9.59 Å². The van der Waals surface area contributed by atoms with Gasteiger partial charge in [0.1, 0.15) is 5.58 Å². The van der Waals surface area contributed by atoms with Gasteiger partial charge in [-0.05, 0) is 64.2 Å². The maximum Gasteiger partial charge on any atom is 0.290 e. The average Bonchev–Trinajstić information content (AvgIpc) is 2.97. The van der Waals surface area contributed by atoms with Crippen LogP contribution in [0.5, 0.6) is 0 Å². The van der Waals surface area contributed by atoms with Gasteiger partial charge >= 0.3 is 0 Å². The molecule has 0 radical (unpaired) electrons. The number of rotatable bonds is 5. The molecule has 0 saturated carbocycles. The zero-order chi connectivity index (χ0) is 21.6. The first-order valence-electron chi connectivity index (χ1n) is 10.1. The molecule has 4 rings (SSSR count). The molecule has 156 valence electrons. The molecule has 0 saturated heterocycles. The van der Waals surface area contributed by atoms with Crippen LogP contribution in [0, 0.1) is 13.8 Å². The number of nitrogens with zero attached hydrogens (tertiary/aromatic N) is 2. The molecule has 2 heterocycles. The summed E-state index contributed by atoms with van der Waals surface area (Å²) in [5.74, 6) is -0.0921. The Morgan fingerprint density at radius 1 is 1.10 bits per heavy atom. The van der Waals surface area contributed by atoms with Gasteiger partial charge in [0.15, 0.2) is 5.43 Å². The Balaban J connectivity index is 1.90. The van der Waals surface area contributed by atoms with Crippen LogP contribution in [0.3, 0.4) is 0 Å². The standard InChI is InChI=1S/C24H25ClN2O3/c1-14-6-8-16(9-7-14)21-20-22(28)17-13-18(25)15(2)12-19(17)30-23(20)24(29)27(21)11-5-10-26(3)4/h6-9,12-13,21H,5,10-11H2,1-4H3. The van der Waals surface area contributed by atoms with Crippen molar-refractivity contribution >= 4 is 28.5 Å². The number of hydrogen-bond donors (Lipinski definition) is 0. The third-order valence-electron chi connectivity index (χ3n) is 5.64. The van der Waals surface area contributed by atoms with Gasteiger partial charge in [0.05, 0.1) is 17.0 Å². The minimum Gasteiger partial charge on any atom is -0.450 e. The normalized spacial score (nSPS) is 16.0. The Kier molecular flexibility index (Phi) is 5.43. The summed E-state index contributed by atoms with van der Waals surface area (Å²) in [4.78, 5) is 30.7. The molecule has 0 bridgehead atoms. The maximum atomic E-state index is 13.5. The van der Waals surface area contributed by atoms with Crippen molar-refractivity contribution in [2.24, 2.45) is 0 Å². The van der Waals surface area contributed by atoms with Crippen molar-refractivity contribution < 1.29 is 9.21 Å². The van der Waals surface area contributed by atoms with Crippen LogP contribution in [0.2, 0.25) is 5.02 Å². The Morgan fingerprint density at radius 3 is 2.47 bits per heavy atom. The number of benzene rings is 2. The fourth-order valence-corrected chi connectivity index (χ4v) is 4.19. The number of carbonyl (C=O) groups is 1. The first-order chi connectivity index (χ1) is 14.3. The van der Waals surface area contributed by atoms with Crippen molar-refractivity contribution in [2.75, 3.05) is 27.2 Å². The van der Waals surface area contributed by atoms with Gasteiger partial charge in [0.25, 0.3) is 5.91 Å². The van der Waals surface area contributed by atoms with E-state index in [0.29, 0.717) is 28.1 Å². The van der Waals surface area contributed by atoms with Crippen LogP contribution in [-0.2, 0) is 0 Å². The lowest BCUT2D eigenvalue weighted by atomic mass is 9.97. The van der Waals surface area contributed by atoms with Gasteiger partial charge in [0.2, 0.25) is 5.76 Å². The van der Waals surface area contributed by atoms with Crippen molar-refractivity contribution in [3.05, 3.63) is 79.7 Å². The number of hydrogen-bond acceptors (Lipinski definition) is 4. The van der Waals surface area contributed by atoms with Gasteiger partial charge in [-0.25, -0.2) is 0 Å². The summed E-state index contributed by atoms with van der Waals surface area (Å²) in [6, 6.07) is 10.9. The molecule has 1 aromatic heterocycles. The summed E-state index contributed by atoms with van der Waals surface area (Å²) in [5.41, 5.74) is 3.43. The molecule has 0 aliphatic carbocycles. The van der Waals surface area contributed by atoms with E-state index in [1.165, 1.54) is 0 Å². The Hall–Kier alpha value is -2.63. The fourth-order valence-electron chi connectivity index (χ4n) is 4.02. The Morgan fingerprint density at radius 2 is 1.80 bits per heavy atom. The molecule has 5 nitrogen and oxygen atoms in total. The van der Waals surface area contributed by atoms with Crippen molar-refractivity contribution in [3.8, 4) is 0 Å². The average molecular weight is 425 g/mol. The predicted molar refractivity (Wildman–Crippen MR) is 119 cm³/mol. The second-order valence-electron chi connectivity index (χ2n) is 8.24. The van der Waals surface area contributed by atoms with Crippen LogP contribution in [-0.4, -0.2) is 42.9 Å². The van der Waals surface area contributed by atoms with E-state index in [2.05, 4.69) is 4.90 Å². The third kappa shape index (κ3) is 3.53. The highest BCUT2D eigenvalue weighted by atomic mass is 35.5. The third-order valence-corrected chi connectivity index (χ3v) is 6.05. The zero-order valence-corrected chi connectivity index (χ0v) is 18.4. The first-order valence-corrected chi connectivity index (χ1v) is 10.4. The van der Waals surface area contributed by atoms with Crippen molar-refractivity contribution in [1.82, 2.24) is 9.80 Å². The number of fused-ring (bicyclic) bond motifs is 2. The second kappa shape index (κ2) is 7.89. The van der Waals surface area contributed by atoms with E-state index >= 15 is 0 Å². The lowest BCUT2D eigenvalue weighted by molar-refractivity contribution is 0.0722. The lowest BCUT2D eigenvalue weighted by Crippen LogP contribution is -2.32. The molecule has 1 amide bonds. The Bertz CT molecular complexity index is 1180. The van der Waals surface area contributed by atoms with E-state index in [1.54, 1.807) is 17.0 Å². The highest BCUT2D eigenvalue weighted by molar-refractivity contribution is 6.32. The van der Waals surface area contributed by atoms with Crippen LogP contribution < -0.4 is 5.43 Å². The molecule has 3 aromatic rings. The highest BCUT2D eigenvalue weighted by Crippen LogP contribution is 2.38. The van der Waals surface area contributed by atoms with E-state index in [9.17, 15) is 9.59 Å². The number of carbonyl (C=O) groups excluding carboxylic acids is 1. The number of amides is 1. The summed E-state index contributed by atoms with van der Waals surface area (Å²) >= 11 is 6.27.